The molecule has 0 aromatic carbocycles. The van der Waals surface area contributed by atoms with Crippen molar-refractivity contribution in [2.75, 3.05) is 13.7 Å². The highest BCUT2D eigenvalue weighted by Gasteiger charge is 2.17. The van der Waals surface area contributed by atoms with E-state index in [1.807, 2.05) is 19.4 Å². The second-order valence-electron chi connectivity index (χ2n) is 6.23. The van der Waals surface area contributed by atoms with Gasteiger partial charge in [0.2, 0.25) is 0 Å². The highest BCUT2D eigenvalue weighted by molar-refractivity contribution is 5.26. The lowest BCUT2D eigenvalue weighted by molar-refractivity contribution is 0.311. The van der Waals surface area contributed by atoms with Gasteiger partial charge in [-0.05, 0) is 43.9 Å². The smallest absolute Gasteiger partial charge is 0.137 e. The molecule has 0 bridgehead atoms. The van der Waals surface area contributed by atoms with Crippen molar-refractivity contribution in [3.8, 4) is 5.75 Å². The number of nitrogens with zero attached hydrogens (tertiary/aromatic N) is 1. The summed E-state index contributed by atoms with van der Waals surface area (Å²) < 4.78 is 5.69. The van der Waals surface area contributed by atoms with Crippen LogP contribution in [0, 0.1) is 5.92 Å². The molecule has 1 aromatic rings. The summed E-state index contributed by atoms with van der Waals surface area (Å²) in [5.41, 5.74) is 1.25. The van der Waals surface area contributed by atoms with Crippen molar-refractivity contribution in [2.45, 2.75) is 64.3 Å². The minimum absolute atomic E-state index is 0.393. The SMILES string of the molecule is CCCOc1cncc(C(CCC2CCCCC2)NC)c1. The summed E-state index contributed by atoms with van der Waals surface area (Å²) in [6, 6.07) is 2.54. The lowest BCUT2D eigenvalue weighted by Gasteiger charge is -2.24. The average Bonchev–Trinajstić information content (AvgIpc) is 2.55. The summed E-state index contributed by atoms with van der Waals surface area (Å²) in [6.07, 6.45) is 14.5. The zero-order valence-corrected chi connectivity index (χ0v) is 13.6. The van der Waals surface area contributed by atoms with Gasteiger partial charge in [-0.2, -0.15) is 0 Å². The summed E-state index contributed by atoms with van der Waals surface area (Å²) in [5.74, 6) is 1.83. The van der Waals surface area contributed by atoms with Crippen LogP contribution in [-0.4, -0.2) is 18.6 Å². The molecule has 0 aliphatic heterocycles. The second-order valence-corrected chi connectivity index (χ2v) is 6.23. The summed E-state index contributed by atoms with van der Waals surface area (Å²) in [7, 11) is 2.05. The van der Waals surface area contributed by atoms with Gasteiger partial charge in [-0.3, -0.25) is 4.98 Å². The average molecular weight is 290 g/mol. The van der Waals surface area contributed by atoms with Crippen molar-refractivity contribution in [2.24, 2.45) is 5.92 Å². The Morgan fingerprint density at radius 3 is 2.81 bits per heavy atom. The molecule has 1 fully saturated rings. The molecule has 1 aromatic heterocycles. The first-order valence-corrected chi connectivity index (χ1v) is 8.58. The van der Waals surface area contributed by atoms with Crippen LogP contribution < -0.4 is 10.1 Å². The monoisotopic (exact) mass is 290 g/mol. The molecular formula is C18H30N2O. The van der Waals surface area contributed by atoms with E-state index in [4.69, 9.17) is 4.74 Å². The third-order valence-corrected chi connectivity index (χ3v) is 4.55. The van der Waals surface area contributed by atoms with E-state index < -0.39 is 0 Å². The second kappa shape index (κ2) is 9.04. The summed E-state index contributed by atoms with van der Waals surface area (Å²) >= 11 is 0. The Kier molecular flexibility index (Phi) is 7.01. The number of ether oxygens (including phenoxy) is 1. The topological polar surface area (TPSA) is 34.1 Å². The Balaban J connectivity index is 1.89. The molecule has 1 aliphatic rings. The quantitative estimate of drug-likeness (QED) is 0.766. The molecule has 1 N–H and O–H groups in total. The minimum atomic E-state index is 0.393. The van der Waals surface area contributed by atoms with Crippen LogP contribution in [0.4, 0.5) is 0 Å². The molecule has 3 heteroatoms. The van der Waals surface area contributed by atoms with Crippen molar-refractivity contribution in [1.29, 1.82) is 0 Å². The first-order valence-electron chi connectivity index (χ1n) is 8.58. The van der Waals surface area contributed by atoms with Gasteiger partial charge < -0.3 is 10.1 Å². The van der Waals surface area contributed by atoms with Gasteiger partial charge in [0.25, 0.3) is 0 Å². The van der Waals surface area contributed by atoms with Crippen LogP contribution >= 0.6 is 0 Å². The molecule has 3 nitrogen and oxygen atoms in total. The van der Waals surface area contributed by atoms with Crippen LogP contribution in [-0.2, 0) is 0 Å². The normalized spacial score (nSPS) is 17.6. The van der Waals surface area contributed by atoms with E-state index in [1.165, 1.54) is 50.5 Å². The Bertz CT molecular complexity index is 402. The van der Waals surface area contributed by atoms with Crippen LogP contribution in [0.2, 0.25) is 0 Å². The highest BCUT2D eigenvalue weighted by atomic mass is 16.5. The zero-order chi connectivity index (χ0) is 14.9. The van der Waals surface area contributed by atoms with E-state index in [2.05, 4.69) is 23.3 Å². The molecule has 1 unspecified atom stereocenters. The van der Waals surface area contributed by atoms with E-state index in [9.17, 15) is 0 Å². The molecule has 0 radical (unpaired) electrons. The fourth-order valence-corrected chi connectivity index (χ4v) is 3.28. The Hall–Kier alpha value is -1.09. The first-order chi connectivity index (χ1) is 10.3. The predicted octanol–water partition coefficient (Wildman–Crippen LogP) is 4.49. The Labute approximate surface area is 129 Å². The van der Waals surface area contributed by atoms with Crippen molar-refractivity contribution >= 4 is 0 Å². The molecule has 0 amide bonds. The van der Waals surface area contributed by atoms with Crippen molar-refractivity contribution < 1.29 is 4.74 Å². The van der Waals surface area contributed by atoms with Gasteiger partial charge in [0.15, 0.2) is 0 Å². The molecule has 0 spiro atoms. The first kappa shape index (κ1) is 16.3. The van der Waals surface area contributed by atoms with Gasteiger partial charge in [0.05, 0.1) is 12.8 Å². The largest absolute Gasteiger partial charge is 0.492 e. The van der Waals surface area contributed by atoms with Gasteiger partial charge in [-0.1, -0.05) is 39.0 Å². The van der Waals surface area contributed by atoms with Gasteiger partial charge in [0, 0.05) is 12.2 Å². The maximum Gasteiger partial charge on any atom is 0.137 e. The molecule has 21 heavy (non-hydrogen) atoms. The predicted molar refractivity (Wildman–Crippen MR) is 87.6 cm³/mol. The van der Waals surface area contributed by atoms with Crippen LogP contribution in [0.3, 0.4) is 0 Å². The number of hydrogen-bond acceptors (Lipinski definition) is 3. The Morgan fingerprint density at radius 1 is 1.29 bits per heavy atom. The van der Waals surface area contributed by atoms with E-state index in [0.717, 1.165) is 24.7 Å². The molecule has 2 rings (SSSR count). The molecule has 0 saturated heterocycles. The van der Waals surface area contributed by atoms with E-state index in [1.54, 1.807) is 0 Å². The van der Waals surface area contributed by atoms with Gasteiger partial charge in [0.1, 0.15) is 5.75 Å². The van der Waals surface area contributed by atoms with E-state index in [0.29, 0.717) is 6.04 Å². The summed E-state index contributed by atoms with van der Waals surface area (Å²) in [4.78, 5) is 4.34. The summed E-state index contributed by atoms with van der Waals surface area (Å²) in [5, 5.41) is 3.45. The van der Waals surface area contributed by atoms with Crippen LogP contribution in [0.5, 0.6) is 5.75 Å². The molecule has 118 valence electrons. The van der Waals surface area contributed by atoms with Crippen molar-refractivity contribution in [1.82, 2.24) is 10.3 Å². The van der Waals surface area contributed by atoms with E-state index >= 15 is 0 Å². The lowest BCUT2D eigenvalue weighted by Crippen LogP contribution is -2.18. The van der Waals surface area contributed by atoms with Crippen molar-refractivity contribution in [3.63, 3.8) is 0 Å². The number of nitrogens with one attached hydrogen (secondary N) is 1. The summed E-state index contributed by atoms with van der Waals surface area (Å²) in [6.45, 7) is 2.88. The van der Waals surface area contributed by atoms with Gasteiger partial charge in [-0.25, -0.2) is 0 Å². The lowest BCUT2D eigenvalue weighted by atomic mass is 9.84. The molecule has 1 heterocycles. The number of rotatable bonds is 8. The standard InChI is InChI=1S/C18H30N2O/c1-3-11-21-17-12-16(13-20-14-17)18(19-2)10-9-15-7-5-4-6-8-15/h12-15,18-19H,3-11H2,1-2H3. The molecule has 1 atom stereocenters. The number of hydrogen-bond donors (Lipinski definition) is 1. The van der Waals surface area contributed by atoms with Gasteiger partial charge >= 0.3 is 0 Å². The highest BCUT2D eigenvalue weighted by Crippen LogP contribution is 2.30. The van der Waals surface area contributed by atoms with Crippen LogP contribution in [0.25, 0.3) is 0 Å². The van der Waals surface area contributed by atoms with Crippen LogP contribution in [0.15, 0.2) is 18.5 Å². The molecular weight excluding hydrogens is 260 g/mol. The maximum atomic E-state index is 5.69. The third kappa shape index (κ3) is 5.31. The molecule has 1 saturated carbocycles. The Morgan fingerprint density at radius 2 is 2.10 bits per heavy atom. The van der Waals surface area contributed by atoms with Crippen molar-refractivity contribution in [3.05, 3.63) is 24.0 Å². The fraction of sp³-hybridized carbons (Fsp3) is 0.722. The van der Waals surface area contributed by atoms with E-state index in [-0.39, 0.29) is 0 Å². The minimum Gasteiger partial charge on any atom is -0.492 e. The number of pyridine rings is 1. The maximum absolute atomic E-state index is 5.69. The fourth-order valence-electron chi connectivity index (χ4n) is 3.28. The third-order valence-electron chi connectivity index (χ3n) is 4.55. The molecule has 1 aliphatic carbocycles. The zero-order valence-electron chi connectivity index (χ0n) is 13.6. The van der Waals surface area contributed by atoms with Gasteiger partial charge in [-0.15, -0.1) is 0 Å². The van der Waals surface area contributed by atoms with Crippen LogP contribution in [0.1, 0.15) is 69.9 Å². The number of aromatic nitrogens is 1.